The zero-order valence-electron chi connectivity index (χ0n) is 15.8. The highest BCUT2D eigenvalue weighted by atomic mass is 16.5. The summed E-state index contributed by atoms with van der Waals surface area (Å²) in [7, 11) is 1.62. The smallest absolute Gasteiger partial charge is 0.317 e. The molecule has 0 bridgehead atoms. The highest BCUT2D eigenvalue weighted by Crippen LogP contribution is 2.22. The van der Waals surface area contributed by atoms with Crippen LogP contribution in [0.3, 0.4) is 0 Å². The Morgan fingerprint density at radius 2 is 2.11 bits per heavy atom. The fourth-order valence-corrected chi connectivity index (χ4v) is 3.04. The molecule has 0 spiro atoms. The molecule has 2 N–H and O–H groups in total. The van der Waals surface area contributed by atoms with Crippen molar-refractivity contribution in [3.8, 4) is 5.88 Å². The first-order valence-corrected chi connectivity index (χ1v) is 9.55. The maximum Gasteiger partial charge on any atom is 0.317 e. The van der Waals surface area contributed by atoms with E-state index in [4.69, 9.17) is 9.47 Å². The van der Waals surface area contributed by atoms with Gasteiger partial charge in [0.15, 0.2) is 0 Å². The summed E-state index contributed by atoms with van der Waals surface area (Å²) in [6, 6.07) is 3.86. The number of nitrogens with zero attached hydrogens (tertiary/aromatic N) is 2. The number of amides is 3. The van der Waals surface area contributed by atoms with E-state index in [0.29, 0.717) is 44.8 Å². The number of carbonyl (C=O) groups is 2. The number of urea groups is 1. The predicted octanol–water partition coefficient (Wildman–Crippen LogP) is 1.31. The van der Waals surface area contributed by atoms with Crippen molar-refractivity contribution in [3.05, 3.63) is 23.9 Å². The molecule has 1 aliphatic heterocycles. The van der Waals surface area contributed by atoms with E-state index in [0.717, 1.165) is 31.2 Å². The lowest BCUT2D eigenvalue weighted by atomic mass is 9.97. The summed E-state index contributed by atoms with van der Waals surface area (Å²) in [5.41, 5.74) is 0.891. The highest BCUT2D eigenvalue weighted by molar-refractivity contribution is 5.81. The minimum atomic E-state index is -0.139. The highest BCUT2D eigenvalue weighted by Gasteiger charge is 2.31. The molecule has 8 heteroatoms. The van der Waals surface area contributed by atoms with Crippen molar-refractivity contribution in [3.63, 3.8) is 0 Å². The van der Waals surface area contributed by atoms with E-state index in [9.17, 15) is 9.59 Å². The van der Waals surface area contributed by atoms with Gasteiger partial charge in [-0.1, -0.05) is 6.07 Å². The Morgan fingerprint density at radius 3 is 2.81 bits per heavy atom. The summed E-state index contributed by atoms with van der Waals surface area (Å²) >= 11 is 0. The average Bonchev–Trinajstić information content (AvgIpc) is 3.51. The number of nitrogens with one attached hydrogen (secondary N) is 2. The lowest BCUT2D eigenvalue weighted by Gasteiger charge is -2.32. The minimum Gasteiger partial charge on any atom is -0.475 e. The number of ether oxygens (including phenoxy) is 2. The Balaban J connectivity index is 1.42. The molecule has 3 rings (SSSR count). The Bertz CT molecular complexity index is 633. The van der Waals surface area contributed by atoms with Crippen molar-refractivity contribution >= 4 is 11.9 Å². The first kappa shape index (κ1) is 19.4. The van der Waals surface area contributed by atoms with E-state index in [1.54, 1.807) is 24.3 Å². The third-order valence-electron chi connectivity index (χ3n) is 4.78. The second-order valence-electron chi connectivity index (χ2n) is 7.07. The van der Waals surface area contributed by atoms with Crippen molar-refractivity contribution in [2.45, 2.75) is 38.3 Å². The molecule has 2 aliphatic rings. The fraction of sp³-hybridized carbons (Fsp3) is 0.632. The summed E-state index contributed by atoms with van der Waals surface area (Å²) in [6.45, 7) is 2.51. The van der Waals surface area contributed by atoms with E-state index >= 15 is 0 Å². The normalized spacial score (nSPS) is 19.4. The Labute approximate surface area is 159 Å². The standard InChI is InChI=1S/C19H28N4O4/c1-26-9-10-27-17-7-4-14(11-20-17)12-21-19(25)23-8-2-3-15(13-23)18(24)22-16-5-6-16/h4,7,11,15-16H,2-3,5-6,8-10,12-13H2,1H3,(H,21,25)(H,22,24). The van der Waals surface area contributed by atoms with Crippen LogP contribution in [-0.4, -0.2) is 61.3 Å². The number of methoxy groups -OCH3 is 1. The largest absolute Gasteiger partial charge is 0.475 e. The fourth-order valence-electron chi connectivity index (χ4n) is 3.04. The van der Waals surface area contributed by atoms with Crippen LogP contribution in [0.15, 0.2) is 18.3 Å². The summed E-state index contributed by atoms with van der Waals surface area (Å²) in [6.07, 6.45) is 5.53. The second-order valence-corrected chi connectivity index (χ2v) is 7.07. The first-order chi connectivity index (χ1) is 13.2. The monoisotopic (exact) mass is 376 g/mol. The number of likely N-dealkylation sites (tertiary alicyclic amines) is 1. The topological polar surface area (TPSA) is 92.8 Å². The molecule has 0 radical (unpaired) electrons. The number of aromatic nitrogens is 1. The molecule has 2 fully saturated rings. The van der Waals surface area contributed by atoms with Crippen LogP contribution in [0.4, 0.5) is 4.79 Å². The molecular weight excluding hydrogens is 348 g/mol. The maximum atomic E-state index is 12.4. The van der Waals surface area contributed by atoms with Gasteiger partial charge in [0.1, 0.15) is 6.61 Å². The molecule has 27 heavy (non-hydrogen) atoms. The minimum absolute atomic E-state index is 0.0864. The molecule has 0 aromatic carbocycles. The number of carbonyl (C=O) groups excluding carboxylic acids is 2. The van der Waals surface area contributed by atoms with Crippen LogP contribution in [0, 0.1) is 5.92 Å². The van der Waals surface area contributed by atoms with Crippen LogP contribution in [0.2, 0.25) is 0 Å². The Hall–Kier alpha value is -2.35. The van der Waals surface area contributed by atoms with E-state index < -0.39 is 0 Å². The number of pyridine rings is 1. The summed E-state index contributed by atoms with van der Waals surface area (Å²) < 4.78 is 10.3. The summed E-state index contributed by atoms with van der Waals surface area (Å²) in [5.74, 6) is 0.515. The molecule has 1 aromatic heterocycles. The van der Waals surface area contributed by atoms with Gasteiger partial charge >= 0.3 is 6.03 Å². The van der Waals surface area contributed by atoms with E-state index in [-0.39, 0.29) is 17.9 Å². The van der Waals surface area contributed by atoms with Gasteiger partial charge in [0.2, 0.25) is 11.8 Å². The number of hydrogen-bond acceptors (Lipinski definition) is 5. The van der Waals surface area contributed by atoms with E-state index in [1.807, 2.05) is 6.07 Å². The molecule has 148 valence electrons. The van der Waals surface area contributed by atoms with Crippen molar-refractivity contribution in [1.82, 2.24) is 20.5 Å². The second kappa shape index (κ2) is 9.55. The lowest BCUT2D eigenvalue weighted by molar-refractivity contribution is -0.126. The van der Waals surface area contributed by atoms with Crippen LogP contribution in [0.1, 0.15) is 31.2 Å². The average molecular weight is 376 g/mol. The number of hydrogen-bond donors (Lipinski definition) is 2. The summed E-state index contributed by atoms with van der Waals surface area (Å²) in [4.78, 5) is 30.6. The molecule has 2 heterocycles. The number of piperidine rings is 1. The summed E-state index contributed by atoms with van der Waals surface area (Å²) in [5, 5.41) is 5.95. The Kier molecular flexibility index (Phi) is 6.86. The zero-order valence-corrected chi connectivity index (χ0v) is 15.8. The van der Waals surface area contributed by atoms with Crippen molar-refractivity contribution < 1.29 is 19.1 Å². The molecule has 8 nitrogen and oxygen atoms in total. The SMILES string of the molecule is COCCOc1ccc(CNC(=O)N2CCCC(C(=O)NC3CC3)C2)cn1. The van der Waals surface area contributed by atoms with Gasteiger partial charge < -0.3 is 25.0 Å². The van der Waals surface area contributed by atoms with Crippen LogP contribution < -0.4 is 15.4 Å². The molecule has 1 aromatic rings. The molecule has 1 unspecified atom stereocenters. The van der Waals surface area contributed by atoms with Crippen molar-refractivity contribution in [1.29, 1.82) is 0 Å². The molecule has 1 atom stereocenters. The van der Waals surface area contributed by atoms with Crippen molar-refractivity contribution in [2.24, 2.45) is 5.92 Å². The number of rotatable bonds is 8. The van der Waals surface area contributed by atoms with Gasteiger partial charge in [0, 0.05) is 45.0 Å². The van der Waals surface area contributed by atoms with Gasteiger partial charge in [-0.25, -0.2) is 9.78 Å². The Morgan fingerprint density at radius 1 is 1.26 bits per heavy atom. The van der Waals surface area contributed by atoms with Crippen LogP contribution >= 0.6 is 0 Å². The quantitative estimate of drug-likeness (QED) is 0.668. The molecule has 1 aliphatic carbocycles. The van der Waals surface area contributed by atoms with E-state index in [1.165, 1.54) is 0 Å². The van der Waals surface area contributed by atoms with Crippen LogP contribution in [0.25, 0.3) is 0 Å². The van der Waals surface area contributed by atoms with Crippen LogP contribution in [0.5, 0.6) is 5.88 Å². The van der Waals surface area contributed by atoms with Gasteiger partial charge in [-0.3, -0.25) is 4.79 Å². The first-order valence-electron chi connectivity index (χ1n) is 9.55. The molecule has 1 saturated carbocycles. The van der Waals surface area contributed by atoms with Crippen molar-refractivity contribution in [2.75, 3.05) is 33.4 Å². The zero-order chi connectivity index (χ0) is 19.1. The molecular formula is C19H28N4O4. The van der Waals surface area contributed by atoms with Gasteiger partial charge in [0.05, 0.1) is 12.5 Å². The predicted molar refractivity (Wildman–Crippen MR) is 99.3 cm³/mol. The van der Waals surface area contributed by atoms with Crippen LogP contribution in [-0.2, 0) is 16.1 Å². The van der Waals surface area contributed by atoms with Gasteiger partial charge in [-0.15, -0.1) is 0 Å². The van der Waals surface area contributed by atoms with Gasteiger partial charge in [0.25, 0.3) is 0 Å². The van der Waals surface area contributed by atoms with Gasteiger partial charge in [-0.05, 0) is 31.2 Å². The maximum absolute atomic E-state index is 12.4. The lowest BCUT2D eigenvalue weighted by Crippen LogP contribution is -2.49. The van der Waals surface area contributed by atoms with Gasteiger partial charge in [-0.2, -0.15) is 0 Å². The molecule has 3 amide bonds. The van der Waals surface area contributed by atoms with E-state index in [2.05, 4.69) is 15.6 Å². The third-order valence-corrected chi connectivity index (χ3v) is 4.78. The molecule has 1 saturated heterocycles. The third kappa shape index (κ3) is 6.09.